The lowest BCUT2D eigenvalue weighted by Crippen LogP contribution is -2.43. The van der Waals surface area contributed by atoms with E-state index in [1.807, 2.05) is 51.2 Å². The number of carbonyl (C=O) groups excluding carboxylic acids is 1. The van der Waals surface area contributed by atoms with Gasteiger partial charge < -0.3 is 20.4 Å². The first-order chi connectivity index (χ1) is 14.4. The second kappa shape index (κ2) is 7.87. The molecule has 0 saturated carbocycles. The van der Waals surface area contributed by atoms with E-state index in [2.05, 4.69) is 25.6 Å². The maximum absolute atomic E-state index is 12.0. The van der Waals surface area contributed by atoms with Gasteiger partial charge in [-0.05, 0) is 74.9 Å². The number of fused-ring (bicyclic) bond motifs is 1. The molecule has 1 aromatic carbocycles. The number of ether oxygens (including phenoxy) is 1. The summed E-state index contributed by atoms with van der Waals surface area (Å²) in [7, 11) is 0. The Morgan fingerprint density at radius 1 is 0.967 bits per heavy atom. The summed E-state index contributed by atoms with van der Waals surface area (Å²) in [6.07, 6.45) is 5.31. The van der Waals surface area contributed by atoms with Crippen LogP contribution in [-0.4, -0.2) is 26.5 Å². The lowest BCUT2D eigenvalue weighted by molar-refractivity contribution is 0.244. The largest absolute Gasteiger partial charge is 0.438 e. The van der Waals surface area contributed by atoms with Crippen LogP contribution in [0.25, 0.3) is 22.2 Å². The minimum absolute atomic E-state index is 0.253. The van der Waals surface area contributed by atoms with Crippen LogP contribution in [0.5, 0.6) is 11.6 Å². The summed E-state index contributed by atoms with van der Waals surface area (Å²) in [5, 5.41) is 6.67. The fraction of sp³-hybridized carbons (Fsp3) is 0.174. The van der Waals surface area contributed by atoms with Crippen LogP contribution in [0.15, 0.2) is 67.1 Å². The number of urea groups is 1. The highest BCUT2D eigenvalue weighted by molar-refractivity contribution is 5.94. The Balaban J connectivity index is 1.55. The summed E-state index contributed by atoms with van der Waals surface area (Å²) in [4.78, 5) is 23.9. The number of aromatic nitrogens is 3. The molecule has 0 spiro atoms. The van der Waals surface area contributed by atoms with Crippen LogP contribution in [0.4, 0.5) is 10.5 Å². The fourth-order valence-corrected chi connectivity index (χ4v) is 3.09. The predicted octanol–water partition coefficient (Wildman–Crippen LogP) is 5.34. The van der Waals surface area contributed by atoms with Gasteiger partial charge >= 0.3 is 6.03 Å². The summed E-state index contributed by atoms with van der Waals surface area (Å²) in [6, 6.07) is 14.7. The maximum Gasteiger partial charge on any atom is 0.319 e. The van der Waals surface area contributed by atoms with Crippen LogP contribution in [0, 0.1) is 0 Å². The number of pyridine rings is 2. The Morgan fingerprint density at radius 3 is 2.53 bits per heavy atom. The second-order valence-corrected chi connectivity index (χ2v) is 7.91. The van der Waals surface area contributed by atoms with Gasteiger partial charge in [-0.25, -0.2) is 14.8 Å². The zero-order chi connectivity index (χ0) is 21.1. The number of nitrogens with zero attached hydrogens (tertiary/aromatic N) is 2. The van der Waals surface area contributed by atoms with E-state index in [1.54, 1.807) is 36.7 Å². The number of benzene rings is 1. The van der Waals surface area contributed by atoms with Crippen molar-refractivity contribution in [1.82, 2.24) is 20.3 Å². The highest BCUT2D eigenvalue weighted by atomic mass is 16.5. The van der Waals surface area contributed by atoms with Gasteiger partial charge in [-0.2, -0.15) is 0 Å². The monoisotopic (exact) mass is 401 g/mol. The van der Waals surface area contributed by atoms with E-state index < -0.39 is 0 Å². The SMILES string of the molecule is CC(C)(C)NC(=O)Nc1ccc(Oc2ncccc2-c2ccnc3[nH]ccc23)cc1. The standard InChI is InChI=1S/C23H23N5O2/c1-23(2,3)28-22(29)27-15-6-8-16(9-7-15)30-21-19(5-4-12-26-21)17-10-13-24-20-18(17)11-14-25-20/h4-14H,1-3H3,(H,24,25)(H2,27,28,29). The van der Waals surface area contributed by atoms with E-state index in [1.165, 1.54) is 0 Å². The number of hydrogen-bond donors (Lipinski definition) is 3. The van der Waals surface area contributed by atoms with Crippen LogP contribution < -0.4 is 15.4 Å². The van der Waals surface area contributed by atoms with Crippen molar-refractivity contribution in [2.24, 2.45) is 0 Å². The first-order valence-corrected chi connectivity index (χ1v) is 9.64. The lowest BCUT2D eigenvalue weighted by atomic mass is 10.1. The topological polar surface area (TPSA) is 91.9 Å². The molecule has 2 amide bonds. The van der Waals surface area contributed by atoms with Crippen LogP contribution in [0.3, 0.4) is 0 Å². The Kier molecular flexibility index (Phi) is 5.10. The predicted molar refractivity (Wildman–Crippen MR) is 118 cm³/mol. The lowest BCUT2D eigenvalue weighted by Gasteiger charge is -2.20. The third kappa shape index (κ3) is 4.41. The number of anilines is 1. The molecule has 0 radical (unpaired) electrons. The molecule has 30 heavy (non-hydrogen) atoms. The molecule has 0 atom stereocenters. The molecule has 7 heteroatoms. The zero-order valence-corrected chi connectivity index (χ0v) is 17.1. The third-order valence-electron chi connectivity index (χ3n) is 4.34. The van der Waals surface area contributed by atoms with Gasteiger partial charge in [0.15, 0.2) is 0 Å². The van der Waals surface area contributed by atoms with Crippen molar-refractivity contribution in [2.75, 3.05) is 5.32 Å². The van der Waals surface area contributed by atoms with Gasteiger partial charge in [0.1, 0.15) is 11.4 Å². The van der Waals surface area contributed by atoms with Gasteiger partial charge in [0.05, 0.1) is 0 Å². The molecular weight excluding hydrogens is 378 g/mol. The molecule has 3 heterocycles. The van der Waals surface area contributed by atoms with Crippen molar-refractivity contribution in [3.8, 4) is 22.8 Å². The number of amides is 2. The van der Waals surface area contributed by atoms with Gasteiger partial charge in [0.25, 0.3) is 0 Å². The van der Waals surface area contributed by atoms with Crippen molar-refractivity contribution in [2.45, 2.75) is 26.3 Å². The number of rotatable bonds is 4. The Morgan fingerprint density at radius 2 is 1.77 bits per heavy atom. The molecule has 4 rings (SSSR count). The number of aromatic amines is 1. The van der Waals surface area contributed by atoms with E-state index >= 15 is 0 Å². The van der Waals surface area contributed by atoms with Gasteiger partial charge in [-0.15, -0.1) is 0 Å². The Bertz CT molecular complexity index is 1180. The molecule has 3 aromatic heterocycles. The quantitative estimate of drug-likeness (QED) is 0.430. The number of hydrogen-bond acceptors (Lipinski definition) is 4. The molecule has 0 aliphatic rings. The Hall–Kier alpha value is -3.87. The average molecular weight is 401 g/mol. The van der Waals surface area contributed by atoms with Crippen molar-refractivity contribution < 1.29 is 9.53 Å². The molecule has 7 nitrogen and oxygen atoms in total. The molecule has 152 valence electrons. The van der Waals surface area contributed by atoms with Gasteiger partial charge in [-0.3, -0.25) is 0 Å². The first-order valence-electron chi connectivity index (χ1n) is 9.64. The normalized spacial score (nSPS) is 11.3. The van der Waals surface area contributed by atoms with E-state index in [9.17, 15) is 4.79 Å². The summed E-state index contributed by atoms with van der Waals surface area (Å²) in [6.45, 7) is 5.79. The summed E-state index contributed by atoms with van der Waals surface area (Å²) in [5.41, 5.74) is 3.04. The van der Waals surface area contributed by atoms with E-state index in [0.717, 1.165) is 22.2 Å². The summed E-state index contributed by atoms with van der Waals surface area (Å²) >= 11 is 0. The minimum atomic E-state index is -0.305. The third-order valence-corrected chi connectivity index (χ3v) is 4.34. The number of carbonyl (C=O) groups is 1. The molecule has 0 unspecified atom stereocenters. The molecular formula is C23H23N5O2. The van der Waals surface area contributed by atoms with Crippen LogP contribution in [-0.2, 0) is 0 Å². The zero-order valence-electron chi connectivity index (χ0n) is 17.1. The molecule has 0 saturated heterocycles. The minimum Gasteiger partial charge on any atom is -0.438 e. The van der Waals surface area contributed by atoms with Crippen LogP contribution in [0.2, 0.25) is 0 Å². The van der Waals surface area contributed by atoms with E-state index in [0.29, 0.717) is 17.3 Å². The van der Waals surface area contributed by atoms with Crippen molar-refractivity contribution in [3.63, 3.8) is 0 Å². The molecule has 0 bridgehead atoms. The number of H-pyrrole nitrogens is 1. The van der Waals surface area contributed by atoms with Crippen molar-refractivity contribution in [3.05, 3.63) is 67.1 Å². The van der Waals surface area contributed by atoms with Crippen molar-refractivity contribution >= 4 is 22.8 Å². The fourth-order valence-electron chi connectivity index (χ4n) is 3.09. The van der Waals surface area contributed by atoms with Crippen LogP contribution in [0.1, 0.15) is 20.8 Å². The summed E-state index contributed by atoms with van der Waals surface area (Å²) < 4.78 is 6.06. The molecule has 0 fully saturated rings. The highest BCUT2D eigenvalue weighted by Gasteiger charge is 2.14. The first kappa shape index (κ1) is 19.4. The maximum atomic E-state index is 12.0. The van der Waals surface area contributed by atoms with Crippen molar-refractivity contribution in [1.29, 1.82) is 0 Å². The van der Waals surface area contributed by atoms with E-state index in [-0.39, 0.29) is 11.6 Å². The number of nitrogens with one attached hydrogen (secondary N) is 3. The smallest absolute Gasteiger partial charge is 0.319 e. The van der Waals surface area contributed by atoms with Crippen LogP contribution >= 0.6 is 0 Å². The second-order valence-electron chi connectivity index (χ2n) is 7.91. The molecule has 0 aliphatic carbocycles. The van der Waals surface area contributed by atoms with Gasteiger partial charge in [0, 0.05) is 40.8 Å². The highest BCUT2D eigenvalue weighted by Crippen LogP contribution is 2.35. The molecule has 0 aliphatic heterocycles. The van der Waals surface area contributed by atoms with Gasteiger partial charge in [0.2, 0.25) is 5.88 Å². The van der Waals surface area contributed by atoms with Gasteiger partial charge in [-0.1, -0.05) is 0 Å². The van der Waals surface area contributed by atoms with E-state index in [4.69, 9.17) is 4.74 Å². The summed E-state index contributed by atoms with van der Waals surface area (Å²) in [5.74, 6) is 1.12. The Labute approximate surface area is 174 Å². The molecule has 3 N–H and O–H groups in total. The molecule has 4 aromatic rings. The average Bonchev–Trinajstić information content (AvgIpc) is 3.17.